The van der Waals surface area contributed by atoms with Gasteiger partial charge < -0.3 is 14.2 Å². The number of nitrogens with one attached hydrogen (secondary N) is 1. The zero-order valence-electron chi connectivity index (χ0n) is 11.5. The average Bonchev–Trinajstić information content (AvgIpc) is 2.88. The van der Waals surface area contributed by atoms with Crippen LogP contribution in [0.4, 0.5) is 0 Å². The maximum absolute atomic E-state index is 5.85. The first-order chi connectivity index (χ1) is 8.63. The van der Waals surface area contributed by atoms with Gasteiger partial charge in [-0.25, -0.2) is 0 Å². The predicted molar refractivity (Wildman–Crippen MR) is 71.8 cm³/mol. The molecule has 0 spiro atoms. The van der Waals surface area contributed by atoms with Gasteiger partial charge in [0.1, 0.15) is 17.3 Å². The van der Waals surface area contributed by atoms with E-state index in [-0.39, 0.29) is 6.04 Å². The molecule has 0 aliphatic carbocycles. The smallest absolute Gasteiger partial charge is 0.126 e. The molecule has 0 aliphatic heterocycles. The van der Waals surface area contributed by atoms with Gasteiger partial charge in [0.2, 0.25) is 0 Å². The molecular weight excluding hydrogens is 226 g/mol. The van der Waals surface area contributed by atoms with Crippen molar-refractivity contribution in [3.8, 4) is 0 Å². The lowest BCUT2D eigenvalue weighted by atomic mass is 10.0. The van der Waals surface area contributed by atoms with Gasteiger partial charge in [-0.15, -0.1) is 0 Å². The van der Waals surface area contributed by atoms with Crippen LogP contribution in [0.5, 0.6) is 0 Å². The lowest BCUT2D eigenvalue weighted by Crippen LogP contribution is -2.23. The molecule has 1 N–H and O–H groups in total. The van der Waals surface area contributed by atoms with Gasteiger partial charge in [-0.2, -0.15) is 0 Å². The van der Waals surface area contributed by atoms with Gasteiger partial charge in [0, 0.05) is 5.56 Å². The Morgan fingerprint density at radius 3 is 2.50 bits per heavy atom. The summed E-state index contributed by atoms with van der Waals surface area (Å²) < 4.78 is 11.3. The first-order valence-electron chi connectivity index (χ1n) is 6.47. The molecule has 3 heteroatoms. The van der Waals surface area contributed by atoms with Crippen molar-refractivity contribution >= 4 is 0 Å². The van der Waals surface area contributed by atoms with Crippen LogP contribution in [0.3, 0.4) is 0 Å². The fraction of sp³-hybridized carbons (Fsp3) is 0.467. The van der Waals surface area contributed by atoms with E-state index in [1.54, 1.807) is 6.26 Å². The fourth-order valence-corrected chi connectivity index (χ4v) is 2.09. The van der Waals surface area contributed by atoms with E-state index in [2.05, 4.69) is 25.2 Å². The second-order valence-electron chi connectivity index (χ2n) is 4.71. The fourth-order valence-electron chi connectivity index (χ4n) is 2.09. The topological polar surface area (TPSA) is 38.3 Å². The number of aryl methyl sites for hydroxylation is 3. The van der Waals surface area contributed by atoms with Crippen molar-refractivity contribution in [2.75, 3.05) is 6.54 Å². The second-order valence-corrected chi connectivity index (χ2v) is 4.71. The van der Waals surface area contributed by atoms with Crippen molar-refractivity contribution < 1.29 is 8.83 Å². The predicted octanol–water partition coefficient (Wildman–Crippen LogP) is 3.89. The molecule has 0 aromatic carbocycles. The van der Waals surface area contributed by atoms with E-state index in [9.17, 15) is 0 Å². The van der Waals surface area contributed by atoms with E-state index in [0.29, 0.717) is 0 Å². The third-order valence-corrected chi connectivity index (χ3v) is 3.28. The number of furan rings is 2. The summed E-state index contributed by atoms with van der Waals surface area (Å²) in [6, 6.07) is 4.20. The molecule has 2 aromatic heterocycles. The van der Waals surface area contributed by atoms with E-state index in [1.165, 1.54) is 5.56 Å². The van der Waals surface area contributed by atoms with Crippen LogP contribution in [0.15, 0.2) is 27.2 Å². The lowest BCUT2D eigenvalue weighted by Gasteiger charge is -2.15. The third kappa shape index (κ3) is 2.51. The summed E-state index contributed by atoms with van der Waals surface area (Å²) in [5.41, 5.74) is 2.34. The molecule has 3 nitrogen and oxygen atoms in total. The van der Waals surface area contributed by atoms with Gasteiger partial charge >= 0.3 is 0 Å². The Bertz CT molecular complexity index is 491. The SMILES string of the molecule is CCCNC(c1cc(C)c(C)o1)c1ccoc1C. The zero-order chi connectivity index (χ0) is 13.1. The minimum atomic E-state index is 0.0797. The van der Waals surface area contributed by atoms with Crippen LogP contribution in [-0.2, 0) is 0 Å². The molecule has 0 saturated carbocycles. The van der Waals surface area contributed by atoms with Crippen molar-refractivity contribution in [2.24, 2.45) is 0 Å². The average molecular weight is 247 g/mol. The summed E-state index contributed by atoms with van der Waals surface area (Å²) in [5.74, 6) is 2.88. The van der Waals surface area contributed by atoms with Crippen LogP contribution in [-0.4, -0.2) is 6.54 Å². The summed E-state index contributed by atoms with van der Waals surface area (Å²) in [5, 5.41) is 3.52. The first kappa shape index (κ1) is 13.0. The van der Waals surface area contributed by atoms with Gasteiger partial charge in [0.15, 0.2) is 0 Å². The van der Waals surface area contributed by atoms with Crippen molar-refractivity contribution in [1.29, 1.82) is 0 Å². The Balaban J connectivity index is 2.33. The highest BCUT2D eigenvalue weighted by Crippen LogP contribution is 2.28. The Morgan fingerprint density at radius 2 is 2.00 bits per heavy atom. The summed E-state index contributed by atoms with van der Waals surface area (Å²) in [6.07, 6.45) is 2.82. The van der Waals surface area contributed by atoms with E-state index < -0.39 is 0 Å². The van der Waals surface area contributed by atoms with Crippen LogP contribution in [0.2, 0.25) is 0 Å². The molecule has 1 unspecified atom stereocenters. The van der Waals surface area contributed by atoms with Crippen molar-refractivity contribution in [1.82, 2.24) is 5.32 Å². The van der Waals surface area contributed by atoms with Crippen LogP contribution in [0.25, 0.3) is 0 Å². The van der Waals surface area contributed by atoms with Gasteiger partial charge in [-0.1, -0.05) is 6.92 Å². The molecule has 2 rings (SSSR count). The maximum Gasteiger partial charge on any atom is 0.126 e. The van der Waals surface area contributed by atoms with Crippen LogP contribution < -0.4 is 5.32 Å². The molecule has 2 aromatic rings. The number of hydrogen-bond donors (Lipinski definition) is 1. The van der Waals surface area contributed by atoms with E-state index in [1.807, 2.05) is 19.9 Å². The largest absolute Gasteiger partial charge is 0.469 e. The second kappa shape index (κ2) is 5.44. The van der Waals surface area contributed by atoms with Gasteiger partial charge in [-0.3, -0.25) is 0 Å². The molecule has 0 aliphatic rings. The Morgan fingerprint density at radius 1 is 1.22 bits per heavy atom. The first-order valence-corrected chi connectivity index (χ1v) is 6.47. The molecule has 0 fully saturated rings. The van der Waals surface area contributed by atoms with Crippen LogP contribution >= 0.6 is 0 Å². The van der Waals surface area contributed by atoms with E-state index >= 15 is 0 Å². The van der Waals surface area contributed by atoms with Crippen LogP contribution in [0.1, 0.15) is 47.8 Å². The van der Waals surface area contributed by atoms with Crippen LogP contribution in [0, 0.1) is 20.8 Å². The molecule has 0 bridgehead atoms. The minimum absolute atomic E-state index is 0.0797. The molecule has 98 valence electrons. The quantitative estimate of drug-likeness (QED) is 0.871. The van der Waals surface area contributed by atoms with Gasteiger partial charge in [-0.05, 0) is 51.4 Å². The molecule has 0 radical (unpaired) electrons. The Hall–Kier alpha value is -1.48. The normalized spacial score (nSPS) is 12.9. The lowest BCUT2D eigenvalue weighted by molar-refractivity contribution is 0.424. The number of hydrogen-bond acceptors (Lipinski definition) is 3. The molecule has 1 atom stereocenters. The monoisotopic (exact) mass is 247 g/mol. The summed E-state index contributed by atoms with van der Waals surface area (Å²) >= 11 is 0. The van der Waals surface area contributed by atoms with Crippen molar-refractivity contribution in [3.63, 3.8) is 0 Å². The highest BCUT2D eigenvalue weighted by Gasteiger charge is 2.21. The minimum Gasteiger partial charge on any atom is -0.469 e. The summed E-state index contributed by atoms with van der Waals surface area (Å²) in [4.78, 5) is 0. The van der Waals surface area contributed by atoms with Gasteiger partial charge in [0.05, 0.1) is 12.3 Å². The highest BCUT2D eigenvalue weighted by molar-refractivity contribution is 5.31. The highest BCUT2D eigenvalue weighted by atomic mass is 16.3. The maximum atomic E-state index is 5.85. The van der Waals surface area contributed by atoms with Crippen molar-refractivity contribution in [2.45, 2.75) is 40.2 Å². The Kier molecular flexibility index (Phi) is 3.92. The number of rotatable bonds is 5. The summed E-state index contributed by atoms with van der Waals surface area (Å²) in [7, 11) is 0. The standard InChI is InChI=1S/C15H21NO2/c1-5-7-16-15(13-6-8-17-12(13)4)14-9-10(2)11(3)18-14/h6,8-9,15-16H,5,7H2,1-4H3. The molecular formula is C15H21NO2. The van der Waals surface area contributed by atoms with Crippen molar-refractivity contribution in [3.05, 3.63) is 46.8 Å². The van der Waals surface area contributed by atoms with E-state index in [0.717, 1.165) is 35.8 Å². The molecule has 0 amide bonds. The Labute approximate surface area is 108 Å². The molecule has 2 heterocycles. The molecule has 0 saturated heterocycles. The van der Waals surface area contributed by atoms with Gasteiger partial charge in [0.25, 0.3) is 0 Å². The summed E-state index contributed by atoms with van der Waals surface area (Å²) in [6.45, 7) is 9.16. The van der Waals surface area contributed by atoms with E-state index in [4.69, 9.17) is 8.83 Å². The zero-order valence-corrected chi connectivity index (χ0v) is 11.5. The third-order valence-electron chi connectivity index (χ3n) is 3.28. The molecule has 18 heavy (non-hydrogen) atoms.